The van der Waals surface area contributed by atoms with Gasteiger partial charge in [0, 0.05) is 35.3 Å². The van der Waals surface area contributed by atoms with E-state index in [0.717, 1.165) is 5.56 Å². The van der Waals surface area contributed by atoms with Gasteiger partial charge in [0.05, 0.1) is 6.54 Å². The highest BCUT2D eigenvalue weighted by Gasteiger charge is 2.18. The Hall–Kier alpha value is -2.50. The van der Waals surface area contributed by atoms with Crippen molar-refractivity contribution in [3.05, 3.63) is 70.7 Å². The predicted molar refractivity (Wildman–Crippen MR) is 108 cm³/mol. The van der Waals surface area contributed by atoms with Crippen LogP contribution in [0.5, 0.6) is 5.75 Å². The third kappa shape index (κ3) is 6.96. The quantitative estimate of drug-likeness (QED) is 0.673. The van der Waals surface area contributed by atoms with Crippen LogP contribution in [-0.4, -0.2) is 23.4 Å². The smallest absolute Gasteiger partial charge is 0.410 e. The minimum absolute atomic E-state index is 0.116. The molecule has 0 heterocycles. The summed E-state index contributed by atoms with van der Waals surface area (Å²) >= 11 is 11.6. The molecule has 0 saturated carbocycles. The van der Waals surface area contributed by atoms with E-state index in [4.69, 9.17) is 27.9 Å². The molecule has 2 aromatic carbocycles. The summed E-state index contributed by atoms with van der Waals surface area (Å²) in [6, 6.07) is 16.1. The van der Waals surface area contributed by atoms with E-state index in [0.29, 0.717) is 29.4 Å². The third-order valence-electron chi connectivity index (χ3n) is 3.58. The standard InChI is InChI=1S/C20H20Cl2N2O3/c1-2-19(25)23-17-9-6-10-18(11-17)27-20(26)24(14-16(22)12-21)13-15-7-4-3-5-8-15/h3-12H,2,13-14H2,1H3,(H,23,25). The molecular weight excluding hydrogens is 387 g/mol. The largest absolute Gasteiger partial charge is 0.415 e. The lowest BCUT2D eigenvalue weighted by atomic mass is 10.2. The van der Waals surface area contributed by atoms with Crippen molar-refractivity contribution < 1.29 is 14.3 Å². The molecule has 0 saturated heterocycles. The molecule has 0 radical (unpaired) electrons. The summed E-state index contributed by atoms with van der Waals surface area (Å²) in [5.41, 5.74) is 2.70. The number of halogens is 2. The van der Waals surface area contributed by atoms with Gasteiger partial charge in [0.2, 0.25) is 5.91 Å². The van der Waals surface area contributed by atoms with Gasteiger partial charge in [-0.25, -0.2) is 4.79 Å². The average Bonchev–Trinajstić information content (AvgIpc) is 2.68. The number of carbonyl (C=O) groups is 2. The first-order chi connectivity index (χ1) is 13.0. The Morgan fingerprint density at radius 1 is 1.15 bits per heavy atom. The number of anilines is 1. The van der Waals surface area contributed by atoms with Crippen LogP contribution >= 0.6 is 23.2 Å². The Bertz CT molecular complexity index is 810. The molecule has 1 N–H and O–H groups in total. The number of rotatable bonds is 7. The number of ether oxygens (including phenoxy) is 1. The van der Waals surface area contributed by atoms with Gasteiger partial charge in [0.15, 0.2) is 0 Å². The van der Waals surface area contributed by atoms with Crippen molar-refractivity contribution in [1.29, 1.82) is 0 Å². The van der Waals surface area contributed by atoms with Gasteiger partial charge >= 0.3 is 6.09 Å². The van der Waals surface area contributed by atoms with Crippen molar-refractivity contribution in [3.63, 3.8) is 0 Å². The molecule has 2 aromatic rings. The summed E-state index contributed by atoms with van der Waals surface area (Å²) < 4.78 is 5.46. The molecule has 0 atom stereocenters. The van der Waals surface area contributed by atoms with E-state index in [-0.39, 0.29) is 12.5 Å². The van der Waals surface area contributed by atoms with Crippen LogP contribution in [0.4, 0.5) is 10.5 Å². The Balaban J connectivity index is 2.12. The summed E-state index contributed by atoms with van der Waals surface area (Å²) in [6.45, 7) is 2.19. The maximum absolute atomic E-state index is 12.6. The van der Waals surface area contributed by atoms with E-state index in [9.17, 15) is 9.59 Å². The highest BCUT2D eigenvalue weighted by molar-refractivity contribution is 6.36. The lowest BCUT2D eigenvalue weighted by Gasteiger charge is -2.22. The fraction of sp³-hybridized carbons (Fsp3) is 0.200. The zero-order valence-corrected chi connectivity index (χ0v) is 16.3. The third-order valence-corrected chi connectivity index (χ3v) is 4.18. The number of hydrogen-bond acceptors (Lipinski definition) is 3. The Labute approximate surface area is 168 Å². The first-order valence-corrected chi connectivity index (χ1v) is 9.18. The molecule has 0 unspecified atom stereocenters. The van der Waals surface area contributed by atoms with Gasteiger partial charge in [-0.1, -0.05) is 66.5 Å². The molecule has 0 fully saturated rings. The van der Waals surface area contributed by atoms with Gasteiger partial charge in [-0.05, 0) is 17.7 Å². The molecule has 0 aliphatic carbocycles. The first-order valence-electron chi connectivity index (χ1n) is 8.37. The van der Waals surface area contributed by atoms with Crippen LogP contribution in [0.2, 0.25) is 0 Å². The topological polar surface area (TPSA) is 58.6 Å². The number of amides is 2. The molecule has 0 aliphatic heterocycles. The minimum atomic E-state index is -0.575. The van der Waals surface area contributed by atoms with Crippen LogP contribution in [0.15, 0.2) is 65.2 Å². The van der Waals surface area contributed by atoms with Crippen LogP contribution in [0.25, 0.3) is 0 Å². The van der Waals surface area contributed by atoms with E-state index in [1.165, 1.54) is 10.4 Å². The molecule has 0 spiro atoms. The van der Waals surface area contributed by atoms with Crippen LogP contribution in [-0.2, 0) is 11.3 Å². The number of carbonyl (C=O) groups excluding carboxylic acids is 2. The summed E-state index contributed by atoms with van der Waals surface area (Å²) in [4.78, 5) is 25.6. The van der Waals surface area contributed by atoms with E-state index in [1.807, 2.05) is 30.3 Å². The van der Waals surface area contributed by atoms with Crippen LogP contribution in [0, 0.1) is 0 Å². The highest BCUT2D eigenvalue weighted by Crippen LogP contribution is 2.20. The second kappa shape index (κ2) is 10.6. The second-order valence-corrected chi connectivity index (χ2v) is 6.40. The Morgan fingerprint density at radius 3 is 2.56 bits per heavy atom. The molecule has 27 heavy (non-hydrogen) atoms. The predicted octanol–water partition coefficient (Wildman–Crippen LogP) is 5.36. The average molecular weight is 407 g/mol. The summed E-state index contributed by atoms with van der Waals surface area (Å²) in [5.74, 6) is 0.196. The SMILES string of the molecule is CCC(=O)Nc1cccc(OC(=O)N(CC(Cl)=CCl)Cc2ccccc2)c1. The zero-order chi connectivity index (χ0) is 19.6. The lowest BCUT2D eigenvalue weighted by Crippen LogP contribution is -2.34. The molecule has 7 heteroatoms. The molecule has 2 amide bonds. The summed E-state index contributed by atoms with van der Waals surface area (Å²) in [7, 11) is 0. The summed E-state index contributed by atoms with van der Waals surface area (Å²) in [5, 5.41) is 3.04. The molecule has 2 rings (SSSR count). The molecular formula is C20H20Cl2N2O3. The van der Waals surface area contributed by atoms with E-state index < -0.39 is 6.09 Å². The van der Waals surface area contributed by atoms with Gasteiger partial charge < -0.3 is 10.1 Å². The monoisotopic (exact) mass is 406 g/mol. The molecule has 5 nitrogen and oxygen atoms in total. The second-order valence-electron chi connectivity index (χ2n) is 5.70. The van der Waals surface area contributed by atoms with Crippen molar-refractivity contribution in [1.82, 2.24) is 4.90 Å². The van der Waals surface area contributed by atoms with E-state index >= 15 is 0 Å². The summed E-state index contributed by atoms with van der Waals surface area (Å²) in [6.07, 6.45) is -0.215. The maximum atomic E-state index is 12.6. The van der Waals surface area contributed by atoms with E-state index in [2.05, 4.69) is 5.32 Å². The zero-order valence-electron chi connectivity index (χ0n) is 14.8. The van der Waals surface area contributed by atoms with E-state index in [1.54, 1.807) is 31.2 Å². The van der Waals surface area contributed by atoms with Crippen molar-refractivity contribution in [2.24, 2.45) is 0 Å². The number of hydrogen-bond donors (Lipinski definition) is 1. The lowest BCUT2D eigenvalue weighted by molar-refractivity contribution is -0.115. The number of nitrogens with zero attached hydrogens (tertiary/aromatic N) is 1. The number of nitrogens with one attached hydrogen (secondary N) is 1. The maximum Gasteiger partial charge on any atom is 0.415 e. The molecule has 0 bridgehead atoms. The molecule has 0 aromatic heterocycles. The number of benzene rings is 2. The van der Waals surface area contributed by atoms with Crippen LogP contribution < -0.4 is 10.1 Å². The fourth-order valence-corrected chi connectivity index (χ4v) is 2.47. The normalized spacial score (nSPS) is 11.0. The van der Waals surface area contributed by atoms with Crippen molar-refractivity contribution in [2.45, 2.75) is 19.9 Å². The Morgan fingerprint density at radius 2 is 1.89 bits per heavy atom. The van der Waals surface area contributed by atoms with Gasteiger partial charge in [0.1, 0.15) is 5.75 Å². The fourth-order valence-electron chi connectivity index (χ4n) is 2.26. The first kappa shape index (κ1) is 20.8. The van der Waals surface area contributed by atoms with Crippen molar-refractivity contribution in [2.75, 3.05) is 11.9 Å². The highest BCUT2D eigenvalue weighted by atomic mass is 35.5. The van der Waals surface area contributed by atoms with Gasteiger partial charge in [-0.3, -0.25) is 9.69 Å². The Kier molecular flexibility index (Phi) is 8.17. The van der Waals surface area contributed by atoms with Gasteiger partial charge in [-0.2, -0.15) is 0 Å². The van der Waals surface area contributed by atoms with Crippen molar-refractivity contribution >= 4 is 40.9 Å². The van der Waals surface area contributed by atoms with Crippen molar-refractivity contribution in [3.8, 4) is 5.75 Å². The van der Waals surface area contributed by atoms with Gasteiger partial charge in [0.25, 0.3) is 0 Å². The van der Waals surface area contributed by atoms with Crippen LogP contribution in [0.1, 0.15) is 18.9 Å². The molecule has 142 valence electrons. The van der Waals surface area contributed by atoms with Gasteiger partial charge in [-0.15, -0.1) is 0 Å². The molecule has 0 aliphatic rings. The minimum Gasteiger partial charge on any atom is -0.410 e. The van der Waals surface area contributed by atoms with Crippen LogP contribution in [0.3, 0.4) is 0 Å².